The van der Waals surface area contributed by atoms with Crippen LogP contribution in [0.15, 0.2) is 24.3 Å². The monoisotopic (exact) mass is 189 g/mol. The summed E-state index contributed by atoms with van der Waals surface area (Å²) in [5.41, 5.74) is 1.34. The van der Waals surface area contributed by atoms with Crippen LogP contribution in [0.1, 0.15) is 17.4 Å². The largest absolute Gasteiger partial charge is 0.351 e. The first-order valence-corrected chi connectivity index (χ1v) is 4.54. The summed E-state index contributed by atoms with van der Waals surface area (Å²) in [5.74, 6) is -0.134. The second-order valence-electron chi connectivity index (χ2n) is 2.98. The van der Waals surface area contributed by atoms with Crippen molar-refractivity contribution in [1.82, 2.24) is 15.5 Å². The van der Waals surface area contributed by atoms with E-state index in [9.17, 15) is 4.79 Å². The van der Waals surface area contributed by atoms with Crippen LogP contribution in [0, 0.1) is 0 Å². The Morgan fingerprint density at radius 2 is 2.29 bits per heavy atom. The lowest BCUT2D eigenvalue weighted by Crippen LogP contribution is -2.23. The zero-order chi connectivity index (χ0) is 9.97. The highest BCUT2D eigenvalue weighted by Crippen LogP contribution is 2.14. The molecule has 0 atom stereocenters. The second kappa shape index (κ2) is 3.49. The highest BCUT2D eigenvalue weighted by atomic mass is 16.1. The summed E-state index contributed by atoms with van der Waals surface area (Å²) in [5, 5.41) is 10.4. The van der Waals surface area contributed by atoms with E-state index in [4.69, 9.17) is 0 Å². The van der Waals surface area contributed by atoms with E-state index in [1.165, 1.54) is 0 Å². The fourth-order valence-corrected chi connectivity index (χ4v) is 1.38. The molecular weight excluding hydrogens is 178 g/mol. The molecule has 0 radical (unpaired) electrons. The van der Waals surface area contributed by atoms with Crippen LogP contribution in [0.5, 0.6) is 0 Å². The number of hydrogen-bond donors (Lipinski definition) is 2. The van der Waals surface area contributed by atoms with Crippen LogP contribution in [0.3, 0.4) is 0 Å². The van der Waals surface area contributed by atoms with Crippen molar-refractivity contribution < 1.29 is 4.79 Å². The normalized spacial score (nSPS) is 10.4. The van der Waals surface area contributed by atoms with Gasteiger partial charge in [0.25, 0.3) is 5.91 Å². The molecular formula is C10H11N3O. The summed E-state index contributed by atoms with van der Waals surface area (Å²) in [7, 11) is 0. The lowest BCUT2D eigenvalue weighted by atomic mass is 10.2. The van der Waals surface area contributed by atoms with Gasteiger partial charge in [-0.3, -0.25) is 9.89 Å². The molecule has 1 amide bonds. The van der Waals surface area contributed by atoms with Crippen LogP contribution in [0.25, 0.3) is 10.9 Å². The number of hydrogen-bond acceptors (Lipinski definition) is 2. The van der Waals surface area contributed by atoms with Crippen molar-refractivity contribution in [3.63, 3.8) is 0 Å². The molecule has 0 saturated carbocycles. The van der Waals surface area contributed by atoms with Gasteiger partial charge in [0.2, 0.25) is 0 Å². The van der Waals surface area contributed by atoms with Gasteiger partial charge in [0, 0.05) is 11.9 Å². The number of nitrogens with zero attached hydrogens (tertiary/aromatic N) is 1. The molecule has 1 aromatic heterocycles. The van der Waals surface area contributed by atoms with Crippen LogP contribution in [0.2, 0.25) is 0 Å². The van der Waals surface area contributed by atoms with E-state index >= 15 is 0 Å². The van der Waals surface area contributed by atoms with Gasteiger partial charge in [0.15, 0.2) is 5.69 Å². The molecule has 0 aliphatic rings. The highest BCUT2D eigenvalue weighted by molar-refractivity contribution is 6.04. The maximum atomic E-state index is 11.5. The number of amides is 1. The van der Waals surface area contributed by atoms with Crippen LogP contribution in [-0.2, 0) is 0 Å². The van der Waals surface area contributed by atoms with Crippen LogP contribution >= 0.6 is 0 Å². The predicted octanol–water partition coefficient (Wildman–Crippen LogP) is 1.31. The minimum Gasteiger partial charge on any atom is -0.351 e. The Balaban J connectivity index is 2.47. The van der Waals surface area contributed by atoms with Crippen molar-refractivity contribution in [2.24, 2.45) is 0 Å². The maximum absolute atomic E-state index is 11.5. The molecule has 2 N–H and O–H groups in total. The first kappa shape index (κ1) is 8.74. The van der Waals surface area contributed by atoms with Crippen LogP contribution in [0.4, 0.5) is 0 Å². The molecule has 4 heteroatoms. The number of para-hydroxylation sites is 1. The number of carbonyl (C=O) groups excluding carboxylic acids is 1. The SMILES string of the molecule is CCNC(=O)c1n[nH]c2ccccc12. The fraction of sp³-hybridized carbons (Fsp3) is 0.200. The third-order valence-electron chi connectivity index (χ3n) is 2.02. The van der Waals surface area contributed by atoms with Gasteiger partial charge in [-0.2, -0.15) is 5.10 Å². The number of aromatic amines is 1. The molecule has 72 valence electrons. The molecule has 2 aromatic rings. The summed E-state index contributed by atoms with van der Waals surface area (Å²) in [4.78, 5) is 11.5. The third-order valence-corrected chi connectivity index (χ3v) is 2.02. The van der Waals surface area contributed by atoms with Crippen molar-refractivity contribution in [2.45, 2.75) is 6.92 Å². The van der Waals surface area contributed by atoms with E-state index in [0.717, 1.165) is 10.9 Å². The van der Waals surface area contributed by atoms with Gasteiger partial charge in [-0.25, -0.2) is 0 Å². The number of nitrogens with one attached hydrogen (secondary N) is 2. The summed E-state index contributed by atoms with van der Waals surface area (Å²) in [6, 6.07) is 7.57. The van der Waals surface area contributed by atoms with E-state index in [1.54, 1.807) is 0 Å². The summed E-state index contributed by atoms with van der Waals surface area (Å²) in [6.45, 7) is 2.49. The van der Waals surface area contributed by atoms with Gasteiger partial charge in [0.1, 0.15) is 0 Å². The number of benzene rings is 1. The van der Waals surface area contributed by atoms with Gasteiger partial charge in [-0.05, 0) is 13.0 Å². The molecule has 1 aromatic carbocycles. The number of carbonyl (C=O) groups is 1. The minimum atomic E-state index is -0.134. The van der Waals surface area contributed by atoms with Gasteiger partial charge in [-0.1, -0.05) is 18.2 Å². The zero-order valence-corrected chi connectivity index (χ0v) is 7.87. The van der Waals surface area contributed by atoms with E-state index in [1.807, 2.05) is 31.2 Å². The highest BCUT2D eigenvalue weighted by Gasteiger charge is 2.11. The summed E-state index contributed by atoms with van der Waals surface area (Å²) >= 11 is 0. The average Bonchev–Trinajstić information content (AvgIpc) is 2.61. The first-order chi connectivity index (χ1) is 6.83. The van der Waals surface area contributed by atoms with Crippen molar-refractivity contribution in [1.29, 1.82) is 0 Å². The quantitative estimate of drug-likeness (QED) is 0.748. The Labute approximate surface area is 81.3 Å². The molecule has 0 bridgehead atoms. The number of rotatable bonds is 2. The predicted molar refractivity (Wildman–Crippen MR) is 54.1 cm³/mol. The van der Waals surface area contributed by atoms with Gasteiger partial charge in [0.05, 0.1) is 5.52 Å². The average molecular weight is 189 g/mol. The molecule has 14 heavy (non-hydrogen) atoms. The first-order valence-electron chi connectivity index (χ1n) is 4.54. The van der Waals surface area contributed by atoms with E-state index in [-0.39, 0.29) is 5.91 Å². The lowest BCUT2D eigenvalue weighted by Gasteiger charge is -1.97. The molecule has 0 fully saturated rings. The number of H-pyrrole nitrogens is 1. The van der Waals surface area contributed by atoms with Gasteiger partial charge in [-0.15, -0.1) is 0 Å². The van der Waals surface area contributed by atoms with E-state index in [2.05, 4.69) is 15.5 Å². The number of fused-ring (bicyclic) bond motifs is 1. The van der Waals surface area contributed by atoms with Crippen LogP contribution in [-0.4, -0.2) is 22.6 Å². The molecule has 0 saturated heterocycles. The Morgan fingerprint density at radius 3 is 3.07 bits per heavy atom. The van der Waals surface area contributed by atoms with Crippen molar-refractivity contribution >= 4 is 16.8 Å². The maximum Gasteiger partial charge on any atom is 0.272 e. The van der Waals surface area contributed by atoms with Gasteiger partial charge < -0.3 is 5.32 Å². The molecule has 0 unspecified atom stereocenters. The molecule has 1 heterocycles. The number of aromatic nitrogens is 2. The summed E-state index contributed by atoms with van der Waals surface area (Å²) in [6.07, 6.45) is 0. The molecule has 2 rings (SSSR count). The Kier molecular flexibility index (Phi) is 2.18. The van der Waals surface area contributed by atoms with E-state index in [0.29, 0.717) is 12.2 Å². The lowest BCUT2D eigenvalue weighted by molar-refractivity contribution is 0.0952. The van der Waals surface area contributed by atoms with Crippen molar-refractivity contribution in [2.75, 3.05) is 6.54 Å². The van der Waals surface area contributed by atoms with Crippen LogP contribution < -0.4 is 5.32 Å². The van der Waals surface area contributed by atoms with Crippen molar-refractivity contribution in [3.05, 3.63) is 30.0 Å². The van der Waals surface area contributed by atoms with E-state index < -0.39 is 0 Å². The smallest absolute Gasteiger partial charge is 0.272 e. The second-order valence-corrected chi connectivity index (χ2v) is 2.98. The molecule has 0 aliphatic heterocycles. The topological polar surface area (TPSA) is 57.8 Å². The Morgan fingerprint density at radius 1 is 1.50 bits per heavy atom. The molecule has 4 nitrogen and oxygen atoms in total. The third kappa shape index (κ3) is 1.35. The van der Waals surface area contributed by atoms with Gasteiger partial charge >= 0.3 is 0 Å². The fourth-order valence-electron chi connectivity index (χ4n) is 1.38. The minimum absolute atomic E-state index is 0.134. The van der Waals surface area contributed by atoms with Crippen molar-refractivity contribution in [3.8, 4) is 0 Å². The molecule has 0 aliphatic carbocycles. The Hall–Kier alpha value is -1.84. The zero-order valence-electron chi connectivity index (χ0n) is 7.87. The summed E-state index contributed by atoms with van der Waals surface area (Å²) < 4.78 is 0. The standard InChI is InChI=1S/C10H11N3O/c1-2-11-10(14)9-7-5-3-4-6-8(7)12-13-9/h3-6H,2H2,1H3,(H,11,14)(H,12,13). The Bertz CT molecular complexity index is 461. The molecule has 0 spiro atoms.